The van der Waals surface area contributed by atoms with Gasteiger partial charge in [-0.1, -0.05) is 213 Å². The fourth-order valence-corrected chi connectivity index (χ4v) is 5.80. The molecule has 0 N–H and O–H groups in total. The molecule has 0 saturated heterocycles. The number of hydrogen-bond donors (Lipinski definition) is 0. The summed E-state index contributed by atoms with van der Waals surface area (Å²) >= 11 is 2.43. The molecule has 7 heteroatoms. The molecule has 0 rings (SSSR count). The van der Waals surface area contributed by atoms with Crippen molar-refractivity contribution < 1.29 is 50.8 Å². The predicted octanol–water partition coefficient (Wildman–Crippen LogP) is 11.3. The van der Waals surface area contributed by atoms with Gasteiger partial charge in [0.15, 0.2) is 0 Å². The summed E-state index contributed by atoms with van der Waals surface area (Å²) in [6, 6.07) is 0. The van der Waals surface area contributed by atoms with Gasteiger partial charge in [0, 0.05) is 17.9 Å². The number of rotatable bonds is 36. The SMILES string of the molecule is CCCCCCCCCCCCCC(=O)[O-].CCCCCCCCCCCCCC(=O)[O-].CCCCCCCCCCCCCC(=O)[O-].C[CH2][Au+3]. The van der Waals surface area contributed by atoms with Gasteiger partial charge in [0.05, 0.1) is 0 Å². The van der Waals surface area contributed by atoms with Crippen LogP contribution in [0.15, 0.2) is 0 Å². The van der Waals surface area contributed by atoms with Crippen LogP contribution in [0.2, 0.25) is 4.64 Å². The Kier molecular flexibility index (Phi) is 62.3. The summed E-state index contributed by atoms with van der Waals surface area (Å²) in [5, 5.41) is 30.4. The molecule has 0 aromatic carbocycles. The van der Waals surface area contributed by atoms with Gasteiger partial charge in [0.25, 0.3) is 0 Å². The van der Waals surface area contributed by atoms with Crippen LogP contribution in [0.25, 0.3) is 0 Å². The molecule has 0 aliphatic rings. The van der Waals surface area contributed by atoms with Crippen molar-refractivity contribution in [3.05, 3.63) is 0 Å². The molecule has 0 heterocycles. The van der Waals surface area contributed by atoms with E-state index >= 15 is 0 Å². The third-order valence-electron chi connectivity index (χ3n) is 8.95. The molecule has 309 valence electrons. The number of carbonyl (C=O) groups is 3. The van der Waals surface area contributed by atoms with Gasteiger partial charge in [-0.3, -0.25) is 0 Å². The first-order valence-electron chi connectivity index (χ1n) is 21.8. The standard InChI is InChI=1S/3C14H28O2.C2H5.Au/c3*1-2-3-4-5-6-7-8-9-10-11-12-13-14(15)16;1-2;/h3*2-13H2,1H3,(H,15,16);1H2,2H3;/q;;;;+3/p-3. The van der Waals surface area contributed by atoms with E-state index in [2.05, 4.69) is 48.8 Å². The average molecular weight is 908 g/mol. The molecule has 0 aromatic heterocycles. The topological polar surface area (TPSA) is 120 Å². The van der Waals surface area contributed by atoms with Crippen molar-refractivity contribution in [1.29, 1.82) is 0 Å². The van der Waals surface area contributed by atoms with Crippen LogP contribution in [0.5, 0.6) is 0 Å². The third-order valence-corrected chi connectivity index (χ3v) is 8.95. The number of unbranched alkanes of at least 4 members (excludes halogenated alkanes) is 30. The second-order valence-electron chi connectivity index (χ2n) is 14.2. The van der Waals surface area contributed by atoms with Crippen LogP contribution in [0.4, 0.5) is 0 Å². The monoisotopic (exact) mass is 908 g/mol. The van der Waals surface area contributed by atoms with Gasteiger partial charge in [0.1, 0.15) is 0 Å². The zero-order chi connectivity index (χ0) is 38.9. The molecule has 0 spiro atoms. The molecule has 0 bridgehead atoms. The first kappa shape index (κ1) is 56.9. The molecule has 0 aliphatic carbocycles. The molecular weight excluding hydrogens is 821 g/mol. The summed E-state index contributed by atoms with van der Waals surface area (Å²) in [7, 11) is 0. The van der Waals surface area contributed by atoms with Crippen LogP contribution in [0.3, 0.4) is 0 Å². The van der Waals surface area contributed by atoms with Crippen LogP contribution in [-0.2, 0) is 35.5 Å². The van der Waals surface area contributed by atoms with Gasteiger partial charge < -0.3 is 29.7 Å². The van der Waals surface area contributed by atoms with Crippen molar-refractivity contribution in [3.8, 4) is 0 Å². The van der Waals surface area contributed by atoms with Crippen molar-refractivity contribution in [1.82, 2.24) is 0 Å². The van der Waals surface area contributed by atoms with Crippen molar-refractivity contribution in [3.63, 3.8) is 0 Å². The number of carboxylic acid groups (broad SMARTS) is 3. The van der Waals surface area contributed by atoms with E-state index in [1.54, 1.807) is 0 Å². The van der Waals surface area contributed by atoms with Crippen LogP contribution in [-0.4, -0.2) is 17.9 Å². The second kappa shape index (κ2) is 55.9. The number of hydrogen-bond acceptors (Lipinski definition) is 6. The molecule has 0 radical (unpaired) electrons. The van der Waals surface area contributed by atoms with Gasteiger partial charge >= 0.3 is 32.6 Å². The van der Waals surface area contributed by atoms with Crippen molar-refractivity contribution >= 4 is 17.9 Å². The summed E-state index contributed by atoms with van der Waals surface area (Å²) in [6.07, 6.45) is 42.1. The Balaban J connectivity index is -0.000000312. The quantitative estimate of drug-likeness (QED) is 0.0456. The van der Waals surface area contributed by atoms with Crippen molar-refractivity contribution in [2.75, 3.05) is 0 Å². The van der Waals surface area contributed by atoms with Gasteiger partial charge in [-0.15, -0.1) is 0 Å². The maximum atomic E-state index is 10.1. The Hall–Kier alpha value is -0.850. The fraction of sp³-hybridized carbons (Fsp3) is 0.932. The summed E-state index contributed by atoms with van der Waals surface area (Å²) in [5.41, 5.74) is 0. The zero-order valence-electron chi connectivity index (χ0n) is 34.4. The Morgan fingerprint density at radius 2 is 0.412 bits per heavy atom. The van der Waals surface area contributed by atoms with Crippen LogP contribution < -0.4 is 15.3 Å². The van der Waals surface area contributed by atoms with E-state index in [0.717, 1.165) is 38.5 Å². The molecule has 0 saturated carbocycles. The molecule has 0 aliphatic heterocycles. The van der Waals surface area contributed by atoms with Crippen LogP contribution in [0, 0.1) is 0 Å². The predicted molar refractivity (Wildman–Crippen MR) is 209 cm³/mol. The Labute approximate surface area is 330 Å². The first-order valence-corrected chi connectivity index (χ1v) is 23.4. The molecule has 0 fully saturated rings. The molecule has 51 heavy (non-hydrogen) atoms. The Morgan fingerprint density at radius 1 is 0.294 bits per heavy atom. The van der Waals surface area contributed by atoms with E-state index in [-0.39, 0.29) is 19.3 Å². The molecule has 6 nitrogen and oxygen atoms in total. The molecule has 0 aromatic rings. The summed E-state index contributed by atoms with van der Waals surface area (Å²) < 4.78 is 1.19. The molecule has 0 atom stereocenters. The normalized spacial score (nSPS) is 10.3. The van der Waals surface area contributed by atoms with Gasteiger partial charge in [0.2, 0.25) is 0 Å². The molecular formula is C44H86AuO6. The minimum atomic E-state index is -0.907. The van der Waals surface area contributed by atoms with E-state index in [0.29, 0.717) is 0 Å². The maximum absolute atomic E-state index is 10.1. The minimum absolute atomic E-state index is 0.233. The Bertz CT molecular complexity index is 572. The first-order chi connectivity index (χ1) is 24.7. The number of carboxylic acids is 3. The average Bonchev–Trinajstić information content (AvgIpc) is 3.09. The van der Waals surface area contributed by atoms with E-state index in [1.807, 2.05) is 0 Å². The third kappa shape index (κ3) is 75.1. The van der Waals surface area contributed by atoms with E-state index in [4.69, 9.17) is 0 Å². The summed E-state index contributed by atoms with van der Waals surface area (Å²) in [4.78, 5) is 30.4. The van der Waals surface area contributed by atoms with E-state index in [9.17, 15) is 29.7 Å². The van der Waals surface area contributed by atoms with Gasteiger partial charge in [-0.05, 0) is 38.5 Å². The number of aliphatic carboxylic acids is 3. The van der Waals surface area contributed by atoms with Crippen molar-refractivity contribution in [2.45, 2.75) is 263 Å². The second-order valence-corrected chi connectivity index (χ2v) is 15.7. The van der Waals surface area contributed by atoms with E-state index < -0.39 is 17.9 Å². The van der Waals surface area contributed by atoms with Crippen molar-refractivity contribution in [2.24, 2.45) is 0 Å². The van der Waals surface area contributed by atoms with Gasteiger partial charge in [-0.25, -0.2) is 0 Å². The van der Waals surface area contributed by atoms with E-state index in [1.165, 1.54) is 178 Å². The Morgan fingerprint density at radius 3 is 0.529 bits per heavy atom. The number of carbonyl (C=O) groups excluding carboxylic acids is 3. The summed E-state index contributed by atoms with van der Waals surface area (Å²) in [6.45, 7) is 8.83. The molecule has 0 unspecified atom stereocenters. The molecule has 0 amide bonds. The summed E-state index contributed by atoms with van der Waals surface area (Å²) in [5.74, 6) is -2.72. The zero-order valence-corrected chi connectivity index (χ0v) is 36.6. The van der Waals surface area contributed by atoms with Crippen LogP contribution >= 0.6 is 0 Å². The van der Waals surface area contributed by atoms with Gasteiger partial charge in [-0.2, -0.15) is 0 Å². The fourth-order valence-electron chi connectivity index (χ4n) is 5.80. The van der Waals surface area contributed by atoms with Crippen LogP contribution in [0.1, 0.15) is 259 Å².